The highest BCUT2D eigenvalue weighted by molar-refractivity contribution is 7.99. The molecule has 1 aliphatic heterocycles. The summed E-state index contributed by atoms with van der Waals surface area (Å²) in [6.07, 6.45) is 6.93. The number of hydrogen-bond donors (Lipinski definition) is 1. The second kappa shape index (κ2) is 5.92. The SMILES string of the molecule is CSCC(=O)N(CC1CCNCC1)C1CC1. The summed E-state index contributed by atoms with van der Waals surface area (Å²) in [5.41, 5.74) is 0. The molecule has 2 aliphatic rings. The molecule has 0 unspecified atom stereocenters. The average Bonchev–Trinajstić information content (AvgIpc) is 3.11. The second-order valence-corrected chi connectivity index (χ2v) is 5.77. The van der Waals surface area contributed by atoms with Crippen LogP contribution in [-0.2, 0) is 4.79 Å². The van der Waals surface area contributed by atoms with Crippen molar-refractivity contribution >= 4 is 17.7 Å². The zero-order valence-electron chi connectivity index (χ0n) is 10.1. The van der Waals surface area contributed by atoms with E-state index in [9.17, 15) is 4.79 Å². The first-order valence-electron chi connectivity index (χ1n) is 6.30. The molecule has 1 heterocycles. The standard InChI is InChI=1S/C12H22N2OS/c1-16-9-12(15)14(11-2-3-11)8-10-4-6-13-7-5-10/h10-11,13H,2-9H2,1H3. The highest BCUT2D eigenvalue weighted by Crippen LogP contribution is 2.29. The summed E-state index contributed by atoms with van der Waals surface area (Å²) in [4.78, 5) is 14.1. The molecule has 16 heavy (non-hydrogen) atoms. The lowest BCUT2D eigenvalue weighted by Crippen LogP contribution is -2.41. The Morgan fingerprint density at radius 2 is 2.00 bits per heavy atom. The molecule has 0 atom stereocenters. The van der Waals surface area contributed by atoms with E-state index in [1.165, 1.54) is 25.7 Å². The van der Waals surface area contributed by atoms with Gasteiger partial charge in [0.25, 0.3) is 0 Å². The van der Waals surface area contributed by atoms with Crippen molar-refractivity contribution in [2.75, 3.05) is 31.6 Å². The summed E-state index contributed by atoms with van der Waals surface area (Å²) in [5.74, 6) is 1.74. The normalized spacial score (nSPS) is 22.1. The third-order valence-electron chi connectivity index (χ3n) is 3.49. The zero-order chi connectivity index (χ0) is 11.4. The van der Waals surface area contributed by atoms with Crippen LogP contribution in [0.25, 0.3) is 0 Å². The molecular formula is C12H22N2OS. The Kier molecular flexibility index (Phi) is 4.53. The molecule has 1 amide bonds. The van der Waals surface area contributed by atoms with E-state index in [0.29, 0.717) is 17.7 Å². The summed E-state index contributed by atoms with van der Waals surface area (Å²) in [5, 5.41) is 3.38. The Hall–Kier alpha value is -0.220. The van der Waals surface area contributed by atoms with Gasteiger partial charge in [0, 0.05) is 12.6 Å². The maximum absolute atomic E-state index is 12.0. The van der Waals surface area contributed by atoms with Crippen molar-refractivity contribution in [2.45, 2.75) is 31.7 Å². The minimum Gasteiger partial charge on any atom is -0.339 e. The number of carbonyl (C=O) groups excluding carboxylic acids is 1. The van der Waals surface area contributed by atoms with E-state index in [1.54, 1.807) is 11.8 Å². The summed E-state index contributed by atoms with van der Waals surface area (Å²) >= 11 is 1.64. The Morgan fingerprint density at radius 3 is 2.56 bits per heavy atom. The van der Waals surface area contributed by atoms with Crippen LogP contribution in [0, 0.1) is 5.92 Å². The van der Waals surface area contributed by atoms with Crippen molar-refractivity contribution in [1.82, 2.24) is 10.2 Å². The molecule has 1 saturated carbocycles. The van der Waals surface area contributed by atoms with Gasteiger partial charge in [0.05, 0.1) is 5.75 Å². The van der Waals surface area contributed by atoms with E-state index in [0.717, 1.165) is 25.6 Å². The maximum atomic E-state index is 12.0. The third-order valence-corrected chi connectivity index (χ3v) is 4.03. The number of amides is 1. The van der Waals surface area contributed by atoms with Gasteiger partial charge in [0.1, 0.15) is 0 Å². The summed E-state index contributed by atoms with van der Waals surface area (Å²) < 4.78 is 0. The van der Waals surface area contributed by atoms with Gasteiger partial charge in [-0.15, -0.1) is 0 Å². The van der Waals surface area contributed by atoms with Crippen molar-refractivity contribution in [1.29, 1.82) is 0 Å². The lowest BCUT2D eigenvalue weighted by atomic mass is 9.97. The van der Waals surface area contributed by atoms with E-state index < -0.39 is 0 Å². The van der Waals surface area contributed by atoms with Gasteiger partial charge in [-0.2, -0.15) is 11.8 Å². The number of nitrogens with zero attached hydrogens (tertiary/aromatic N) is 1. The Balaban J connectivity index is 1.83. The van der Waals surface area contributed by atoms with Crippen molar-refractivity contribution in [3.8, 4) is 0 Å². The molecule has 0 spiro atoms. The predicted molar refractivity (Wildman–Crippen MR) is 68.7 cm³/mol. The molecule has 1 aliphatic carbocycles. The van der Waals surface area contributed by atoms with Crippen LogP contribution in [0.1, 0.15) is 25.7 Å². The second-order valence-electron chi connectivity index (χ2n) is 4.90. The van der Waals surface area contributed by atoms with Gasteiger partial charge < -0.3 is 10.2 Å². The van der Waals surface area contributed by atoms with Gasteiger partial charge in [-0.1, -0.05) is 0 Å². The molecule has 1 saturated heterocycles. The van der Waals surface area contributed by atoms with Gasteiger partial charge in [-0.3, -0.25) is 4.79 Å². The molecule has 92 valence electrons. The van der Waals surface area contributed by atoms with E-state index >= 15 is 0 Å². The lowest BCUT2D eigenvalue weighted by molar-refractivity contribution is -0.129. The largest absolute Gasteiger partial charge is 0.339 e. The molecule has 0 radical (unpaired) electrons. The average molecular weight is 242 g/mol. The van der Waals surface area contributed by atoms with Gasteiger partial charge >= 0.3 is 0 Å². The number of rotatable bonds is 5. The third kappa shape index (κ3) is 3.39. The Bertz CT molecular complexity index is 237. The van der Waals surface area contributed by atoms with E-state index in [4.69, 9.17) is 0 Å². The van der Waals surface area contributed by atoms with Crippen molar-refractivity contribution < 1.29 is 4.79 Å². The molecule has 2 rings (SSSR count). The van der Waals surface area contributed by atoms with Gasteiger partial charge in [0.15, 0.2) is 0 Å². The van der Waals surface area contributed by atoms with E-state index in [2.05, 4.69) is 10.2 Å². The van der Waals surface area contributed by atoms with Gasteiger partial charge in [-0.05, 0) is 50.9 Å². The van der Waals surface area contributed by atoms with E-state index in [-0.39, 0.29) is 0 Å². The first-order valence-corrected chi connectivity index (χ1v) is 7.69. The smallest absolute Gasteiger partial charge is 0.232 e. The molecule has 0 aromatic rings. The van der Waals surface area contributed by atoms with Gasteiger partial charge in [-0.25, -0.2) is 0 Å². The fourth-order valence-electron chi connectivity index (χ4n) is 2.39. The van der Waals surface area contributed by atoms with Crippen LogP contribution in [0.15, 0.2) is 0 Å². The molecular weight excluding hydrogens is 220 g/mol. The predicted octanol–water partition coefficient (Wildman–Crippen LogP) is 1.34. The summed E-state index contributed by atoms with van der Waals surface area (Å²) in [7, 11) is 0. The zero-order valence-corrected chi connectivity index (χ0v) is 10.9. The molecule has 3 nitrogen and oxygen atoms in total. The topological polar surface area (TPSA) is 32.3 Å². The van der Waals surface area contributed by atoms with Crippen LogP contribution < -0.4 is 5.32 Å². The first kappa shape index (κ1) is 12.2. The van der Waals surface area contributed by atoms with Crippen LogP contribution >= 0.6 is 11.8 Å². The number of hydrogen-bond acceptors (Lipinski definition) is 3. The number of piperidine rings is 1. The summed E-state index contributed by atoms with van der Waals surface area (Å²) in [6, 6.07) is 0.578. The lowest BCUT2D eigenvalue weighted by Gasteiger charge is -2.30. The van der Waals surface area contributed by atoms with E-state index in [1.807, 2.05) is 6.26 Å². The molecule has 2 fully saturated rings. The van der Waals surface area contributed by atoms with Crippen LogP contribution in [0.2, 0.25) is 0 Å². The van der Waals surface area contributed by atoms with Crippen molar-refractivity contribution in [3.05, 3.63) is 0 Å². The minimum atomic E-state index is 0.355. The Morgan fingerprint density at radius 1 is 1.31 bits per heavy atom. The minimum absolute atomic E-state index is 0.355. The quantitative estimate of drug-likeness (QED) is 0.789. The number of thioether (sulfide) groups is 1. The fraction of sp³-hybridized carbons (Fsp3) is 0.917. The first-order chi connectivity index (χ1) is 7.81. The molecule has 0 aromatic carbocycles. The van der Waals surface area contributed by atoms with Crippen molar-refractivity contribution in [2.24, 2.45) is 5.92 Å². The van der Waals surface area contributed by atoms with Crippen LogP contribution in [0.5, 0.6) is 0 Å². The number of nitrogens with one attached hydrogen (secondary N) is 1. The fourth-order valence-corrected chi connectivity index (χ4v) is 2.80. The molecule has 0 bridgehead atoms. The van der Waals surface area contributed by atoms with Crippen LogP contribution in [0.4, 0.5) is 0 Å². The molecule has 1 N–H and O–H groups in total. The number of carbonyl (C=O) groups is 1. The molecule has 0 aromatic heterocycles. The maximum Gasteiger partial charge on any atom is 0.232 e. The highest BCUT2D eigenvalue weighted by Gasteiger charge is 2.33. The van der Waals surface area contributed by atoms with Crippen LogP contribution in [0.3, 0.4) is 0 Å². The van der Waals surface area contributed by atoms with Crippen molar-refractivity contribution in [3.63, 3.8) is 0 Å². The molecule has 4 heteroatoms. The highest BCUT2D eigenvalue weighted by atomic mass is 32.2. The Labute approximate surface area is 102 Å². The van der Waals surface area contributed by atoms with Crippen LogP contribution in [-0.4, -0.2) is 48.5 Å². The van der Waals surface area contributed by atoms with Gasteiger partial charge in [0.2, 0.25) is 5.91 Å². The summed E-state index contributed by atoms with van der Waals surface area (Å²) in [6.45, 7) is 3.26. The monoisotopic (exact) mass is 242 g/mol.